The van der Waals surface area contributed by atoms with Crippen LogP contribution in [-0.4, -0.2) is 79.6 Å². The van der Waals surface area contributed by atoms with E-state index in [0.717, 1.165) is 0 Å². The van der Waals surface area contributed by atoms with Gasteiger partial charge in [-0.25, -0.2) is 4.79 Å². The molecule has 0 saturated carbocycles. The highest BCUT2D eigenvalue weighted by Gasteiger charge is 2.35. The van der Waals surface area contributed by atoms with Crippen LogP contribution in [0.2, 0.25) is 0 Å². The molecule has 0 bridgehead atoms. The number of hydrogen-bond donors (Lipinski definition) is 7. The highest BCUT2D eigenvalue weighted by atomic mass is 16.4. The smallest absolute Gasteiger partial charge is 0.326 e. The van der Waals surface area contributed by atoms with E-state index in [1.54, 1.807) is 13.8 Å². The Labute approximate surface area is 121 Å². The van der Waals surface area contributed by atoms with Crippen LogP contribution >= 0.6 is 0 Å². The van der Waals surface area contributed by atoms with E-state index in [4.69, 9.17) is 15.3 Å². The van der Waals surface area contributed by atoms with Crippen LogP contribution in [0.5, 0.6) is 0 Å². The van der Waals surface area contributed by atoms with Gasteiger partial charge in [-0.05, 0) is 12.3 Å². The van der Waals surface area contributed by atoms with E-state index in [0.29, 0.717) is 0 Å². The fourth-order valence-electron chi connectivity index (χ4n) is 1.63. The van der Waals surface area contributed by atoms with Crippen molar-refractivity contribution in [2.24, 2.45) is 5.92 Å². The van der Waals surface area contributed by atoms with Gasteiger partial charge in [0.25, 0.3) is 5.91 Å². The summed E-state index contributed by atoms with van der Waals surface area (Å²) in [6.07, 6.45) is -7.79. The number of amides is 1. The number of carboxylic acid groups (broad SMARTS) is 1. The molecule has 0 rings (SSSR count). The van der Waals surface area contributed by atoms with Gasteiger partial charge >= 0.3 is 5.97 Å². The van der Waals surface area contributed by atoms with Crippen LogP contribution in [0.4, 0.5) is 0 Å². The van der Waals surface area contributed by atoms with Gasteiger partial charge in [0.15, 0.2) is 6.10 Å². The van der Waals surface area contributed by atoms with E-state index in [1.165, 1.54) is 0 Å². The molecule has 0 unspecified atom stereocenters. The summed E-state index contributed by atoms with van der Waals surface area (Å²) in [4.78, 5) is 22.6. The third kappa shape index (κ3) is 6.36. The van der Waals surface area contributed by atoms with Crippen molar-refractivity contribution in [2.75, 3.05) is 6.61 Å². The lowest BCUT2D eigenvalue weighted by Crippen LogP contribution is -2.54. The number of rotatable bonds is 9. The normalized spacial score (nSPS) is 18.7. The lowest BCUT2D eigenvalue weighted by atomic mass is 10.0. The van der Waals surface area contributed by atoms with Gasteiger partial charge in [-0.1, -0.05) is 13.8 Å². The van der Waals surface area contributed by atoms with Crippen molar-refractivity contribution in [3.8, 4) is 0 Å². The number of carbonyl (C=O) groups is 2. The predicted molar refractivity (Wildman–Crippen MR) is 70.1 cm³/mol. The molecule has 124 valence electrons. The number of carboxylic acids is 1. The summed E-state index contributed by atoms with van der Waals surface area (Å²) >= 11 is 0. The Bertz CT molecular complexity index is 348. The first-order valence-corrected chi connectivity index (χ1v) is 6.48. The Morgan fingerprint density at radius 1 is 1.05 bits per heavy atom. The molecule has 0 spiro atoms. The van der Waals surface area contributed by atoms with Crippen LogP contribution in [0, 0.1) is 5.92 Å². The molecular weight excluding hydrogens is 286 g/mol. The molecule has 0 saturated heterocycles. The molecule has 0 radical (unpaired) electrons. The van der Waals surface area contributed by atoms with E-state index >= 15 is 0 Å². The van der Waals surface area contributed by atoms with E-state index in [2.05, 4.69) is 0 Å². The molecule has 21 heavy (non-hydrogen) atoms. The van der Waals surface area contributed by atoms with Gasteiger partial charge in [-0.15, -0.1) is 0 Å². The summed E-state index contributed by atoms with van der Waals surface area (Å²) in [7, 11) is 0. The molecule has 5 atom stereocenters. The van der Waals surface area contributed by atoms with Crippen molar-refractivity contribution in [3.05, 3.63) is 0 Å². The molecule has 0 aliphatic heterocycles. The average molecular weight is 309 g/mol. The monoisotopic (exact) mass is 309 g/mol. The first-order chi connectivity index (χ1) is 9.61. The van der Waals surface area contributed by atoms with Crippen LogP contribution in [0.1, 0.15) is 20.3 Å². The van der Waals surface area contributed by atoms with E-state index in [1.807, 2.05) is 5.32 Å². The van der Waals surface area contributed by atoms with Gasteiger partial charge in [-0.2, -0.15) is 0 Å². The number of aliphatic hydroxyl groups is 5. The molecule has 0 heterocycles. The second kappa shape index (κ2) is 8.90. The minimum atomic E-state index is -2.14. The van der Waals surface area contributed by atoms with Gasteiger partial charge in [0.05, 0.1) is 6.61 Å². The molecule has 9 heteroatoms. The highest BCUT2D eigenvalue weighted by Crippen LogP contribution is 2.08. The largest absolute Gasteiger partial charge is 0.480 e. The standard InChI is InChI=1S/C12H23NO8/c1-5(2)3-6(12(20)21)13-11(19)10(18)9(17)8(16)7(15)4-14/h5-10,14-18H,3-4H2,1-2H3,(H,13,19)(H,20,21)/t6-,7-,8-,9-,10+/m1/s1. The van der Waals surface area contributed by atoms with Gasteiger partial charge in [0.1, 0.15) is 24.4 Å². The number of aliphatic carboxylic acids is 1. The lowest BCUT2D eigenvalue weighted by molar-refractivity contribution is -0.153. The molecule has 0 aromatic heterocycles. The van der Waals surface area contributed by atoms with E-state index in [9.17, 15) is 24.9 Å². The number of hydrogen-bond acceptors (Lipinski definition) is 7. The van der Waals surface area contributed by atoms with Crippen LogP contribution in [0.3, 0.4) is 0 Å². The maximum absolute atomic E-state index is 11.7. The summed E-state index contributed by atoms with van der Waals surface area (Å²) in [6, 6.07) is -1.25. The summed E-state index contributed by atoms with van der Waals surface area (Å²) in [5, 5.41) is 57.2. The Balaban J connectivity index is 4.71. The van der Waals surface area contributed by atoms with Gasteiger partial charge in [0.2, 0.25) is 0 Å². The Morgan fingerprint density at radius 2 is 1.57 bits per heavy atom. The predicted octanol–water partition coefficient (Wildman–Crippen LogP) is -2.96. The fourth-order valence-corrected chi connectivity index (χ4v) is 1.63. The fraction of sp³-hybridized carbons (Fsp3) is 0.833. The minimum Gasteiger partial charge on any atom is -0.480 e. The Morgan fingerprint density at radius 3 is 1.95 bits per heavy atom. The van der Waals surface area contributed by atoms with Crippen molar-refractivity contribution in [1.82, 2.24) is 5.32 Å². The highest BCUT2D eigenvalue weighted by molar-refractivity contribution is 5.86. The minimum absolute atomic E-state index is 0.0322. The molecule has 1 amide bonds. The van der Waals surface area contributed by atoms with Crippen molar-refractivity contribution < 1.29 is 40.2 Å². The summed E-state index contributed by atoms with van der Waals surface area (Å²) in [5.41, 5.74) is 0. The molecule has 0 fully saturated rings. The van der Waals surface area contributed by atoms with Crippen molar-refractivity contribution in [3.63, 3.8) is 0 Å². The van der Waals surface area contributed by atoms with Crippen LogP contribution in [0.15, 0.2) is 0 Å². The lowest BCUT2D eigenvalue weighted by Gasteiger charge is -2.26. The third-order valence-electron chi connectivity index (χ3n) is 2.85. The molecule has 0 aromatic carbocycles. The number of carbonyl (C=O) groups excluding carboxylic acids is 1. The van der Waals surface area contributed by atoms with Crippen LogP contribution in [0.25, 0.3) is 0 Å². The van der Waals surface area contributed by atoms with Crippen molar-refractivity contribution in [2.45, 2.75) is 50.7 Å². The van der Waals surface area contributed by atoms with Crippen molar-refractivity contribution in [1.29, 1.82) is 0 Å². The SMILES string of the molecule is CC(C)C[C@@H](NC(=O)[C@@H](O)[C@H](O)[C@H](O)[C@H](O)CO)C(=O)O. The number of aliphatic hydroxyl groups excluding tert-OH is 5. The summed E-state index contributed by atoms with van der Waals surface area (Å²) < 4.78 is 0. The second-order valence-corrected chi connectivity index (χ2v) is 5.20. The van der Waals surface area contributed by atoms with Gasteiger partial charge < -0.3 is 36.0 Å². The second-order valence-electron chi connectivity index (χ2n) is 5.20. The first kappa shape index (κ1) is 19.7. The summed E-state index contributed by atoms with van der Waals surface area (Å²) in [6.45, 7) is 2.61. The molecule has 0 aliphatic rings. The number of nitrogens with one attached hydrogen (secondary N) is 1. The third-order valence-corrected chi connectivity index (χ3v) is 2.85. The maximum atomic E-state index is 11.7. The topological polar surface area (TPSA) is 168 Å². The molecule has 0 aromatic rings. The Hall–Kier alpha value is -1.26. The van der Waals surface area contributed by atoms with E-state index < -0.39 is 48.9 Å². The maximum Gasteiger partial charge on any atom is 0.326 e. The molecule has 7 N–H and O–H groups in total. The first-order valence-electron chi connectivity index (χ1n) is 6.48. The molecule has 9 nitrogen and oxygen atoms in total. The zero-order valence-corrected chi connectivity index (χ0v) is 11.9. The molecular formula is C12H23NO8. The van der Waals surface area contributed by atoms with Gasteiger partial charge in [0, 0.05) is 0 Å². The van der Waals surface area contributed by atoms with Crippen LogP contribution in [-0.2, 0) is 9.59 Å². The average Bonchev–Trinajstić information content (AvgIpc) is 2.42. The zero-order chi connectivity index (χ0) is 16.7. The van der Waals surface area contributed by atoms with Gasteiger partial charge in [-0.3, -0.25) is 4.79 Å². The van der Waals surface area contributed by atoms with Crippen LogP contribution < -0.4 is 5.32 Å². The van der Waals surface area contributed by atoms with Crippen molar-refractivity contribution >= 4 is 11.9 Å². The quantitative estimate of drug-likeness (QED) is 0.237. The zero-order valence-electron chi connectivity index (χ0n) is 11.9. The Kier molecular flexibility index (Phi) is 8.37. The summed E-state index contributed by atoms with van der Waals surface area (Å²) in [5.74, 6) is -2.52. The molecule has 0 aliphatic carbocycles. The van der Waals surface area contributed by atoms with E-state index in [-0.39, 0.29) is 12.3 Å².